The second kappa shape index (κ2) is 8.36. The van der Waals surface area contributed by atoms with Gasteiger partial charge in [0.1, 0.15) is 5.75 Å². The van der Waals surface area contributed by atoms with Gasteiger partial charge in [0.15, 0.2) is 5.76 Å². The molecule has 0 N–H and O–H groups in total. The Hall–Kier alpha value is -2.84. The molecule has 1 aliphatic heterocycles. The summed E-state index contributed by atoms with van der Waals surface area (Å²) in [6.07, 6.45) is 0. The van der Waals surface area contributed by atoms with Gasteiger partial charge in [-0.15, -0.1) is 0 Å². The molecule has 0 bridgehead atoms. The molecule has 7 nitrogen and oxygen atoms in total. The number of aryl methyl sites for hydroxylation is 2. The van der Waals surface area contributed by atoms with Crippen molar-refractivity contribution < 1.29 is 17.7 Å². The minimum atomic E-state index is -3.63. The van der Waals surface area contributed by atoms with Gasteiger partial charge in [-0.2, -0.15) is 4.31 Å². The molecule has 0 unspecified atom stereocenters. The van der Waals surface area contributed by atoms with Crippen molar-refractivity contribution in [3.05, 3.63) is 59.3 Å². The monoisotopic (exact) mass is 441 g/mol. The third-order valence-corrected chi connectivity index (χ3v) is 7.92. The molecule has 2 aromatic carbocycles. The summed E-state index contributed by atoms with van der Waals surface area (Å²) >= 11 is 0. The molecule has 0 saturated carbocycles. The van der Waals surface area contributed by atoms with Crippen LogP contribution in [-0.4, -0.2) is 51.2 Å². The SMILES string of the molecule is COc1cccc(N2CCN(S(=O)(=O)c3cc(-c4onc(C)c4C)ccc3C)CC2)c1. The molecule has 0 radical (unpaired) electrons. The number of ether oxygens (including phenoxy) is 1. The van der Waals surface area contributed by atoms with Crippen molar-refractivity contribution in [2.24, 2.45) is 0 Å². The van der Waals surface area contributed by atoms with Gasteiger partial charge in [-0.1, -0.05) is 23.4 Å². The first-order valence-electron chi connectivity index (χ1n) is 10.2. The Morgan fingerprint density at radius 2 is 1.74 bits per heavy atom. The van der Waals surface area contributed by atoms with Gasteiger partial charge in [0, 0.05) is 49.1 Å². The minimum absolute atomic E-state index is 0.313. The first kappa shape index (κ1) is 21.4. The van der Waals surface area contributed by atoms with Crippen LogP contribution in [0.25, 0.3) is 11.3 Å². The van der Waals surface area contributed by atoms with Crippen LogP contribution in [0, 0.1) is 20.8 Å². The second-order valence-corrected chi connectivity index (χ2v) is 9.70. The highest BCUT2D eigenvalue weighted by atomic mass is 32.2. The molecule has 0 amide bonds. The molecular weight excluding hydrogens is 414 g/mol. The van der Waals surface area contributed by atoms with Crippen LogP contribution in [0.5, 0.6) is 5.75 Å². The van der Waals surface area contributed by atoms with E-state index >= 15 is 0 Å². The average molecular weight is 442 g/mol. The summed E-state index contributed by atoms with van der Waals surface area (Å²) < 4.78 is 39.2. The summed E-state index contributed by atoms with van der Waals surface area (Å²) in [4.78, 5) is 2.49. The maximum Gasteiger partial charge on any atom is 0.243 e. The summed E-state index contributed by atoms with van der Waals surface area (Å²) in [5, 5.41) is 4.00. The lowest BCUT2D eigenvalue weighted by Gasteiger charge is -2.35. The average Bonchev–Trinajstić information content (AvgIpc) is 3.12. The van der Waals surface area contributed by atoms with E-state index in [2.05, 4.69) is 10.1 Å². The van der Waals surface area contributed by atoms with Crippen LogP contribution in [0.3, 0.4) is 0 Å². The summed E-state index contributed by atoms with van der Waals surface area (Å²) in [6.45, 7) is 7.69. The Morgan fingerprint density at radius 1 is 1.00 bits per heavy atom. The van der Waals surface area contributed by atoms with Crippen molar-refractivity contribution in [2.75, 3.05) is 38.2 Å². The molecule has 0 atom stereocenters. The fourth-order valence-corrected chi connectivity index (χ4v) is 5.51. The highest BCUT2D eigenvalue weighted by Crippen LogP contribution is 2.31. The van der Waals surface area contributed by atoms with Crippen molar-refractivity contribution in [3.63, 3.8) is 0 Å². The summed E-state index contributed by atoms with van der Waals surface area (Å²) in [5.41, 5.74) is 4.18. The van der Waals surface area contributed by atoms with Crippen molar-refractivity contribution in [1.82, 2.24) is 9.46 Å². The van der Waals surface area contributed by atoms with E-state index in [4.69, 9.17) is 9.26 Å². The molecule has 2 heterocycles. The molecule has 164 valence electrons. The molecule has 31 heavy (non-hydrogen) atoms. The molecule has 1 aromatic heterocycles. The van der Waals surface area contributed by atoms with Gasteiger partial charge >= 0.3 is 0 Å². The Bertz CT molecular complexity index is 1200. The maximum atomic E-state index is 13.5. The largest absolute Gasteiger partial charge is 0.497 e. The number of anilines is 1. The van der Waals surface area contributed by atoms with Crippen LogP contribution in [0.15, 0.2) is 51.9 Å². The van der Waals surface area contributed by atoms with Crippen molar-refractivity contribution in [1.29, 1.82) is 0 Å². The third-order valence-electron chi connectivity index (χ3n) is 5.88. The first-order valence-corrected chi connectivity index (χ1v) is 11.7. The van der Waals surface area contributed by atoms with Gasteiger partial charge < -0.3 is 14.2 Å². The Balaban J connectivity index is 1.57. The third kappa shape index (κ3) is 4.05. The number of hydrogen-bond donors (Lipinski definition) is 0. The number of benzene rings is 2. The van der Waals surface area contributed by atoms with E-state index in [1.54, 1.807) is 17.5 Å². The van der Waals surface area contributed by atoms with E-state index in [-0.39, 0.29) is 0 Å². The lowest BCUT2D eigenvalue weighted by molar-refractivity contribution is 0.383. The molecule has 0 aliphatic carbocycles. The van der Waals surface area contributed by atoms with Gasteiger partial charge in [-0.3, -0.25) is 0 Å². The highest BCUT2D eigenvalue weighted by molar-refractivity contribution is 7.89. The lowest BCUT2D eigenvalue weighted by atomic mass is 10.1. The van der Waals surface area contributed by atoms with Crippen molar-refractivity contribution in [2.45, 2.75) is 25.7 Å². The predicted molar refractivity (Wildman–Crippen MR) is 120 cm³/mol. The lowest BCUT2D eigenvalue weighted by Crippen LogP contribution is -2.48. The highest BCUT2D eigenvalue weighted by Gasteiger charge is 2.30. The fraction of sp³-hybridized carbons (Fsp3) is 0.348. The zero-order chi connectivity index (χ0) is 22.2. The summed E-state index contributed by atoms with van der Waals surface area (Å²) in [5.74, 6) is 1.40. The number of rotatable bonds is 5. The number of sulfonamides is 1. The molecule has 8 heteroatoms. The van der Waals surface area contributed by atoms with Gasteiger partial charge in [0.2, 0.25) is 10.0 Å². The van der Waals surface area contributed by atoms with Crippen LogP contribution in [0.4, 0.5) is 5.69 Å². The van der Waals surface area contributed by atoms with Crippen LogP contribution >= 0.6 is 0 Å². The Morgan fingerprint density at radius 3 is 2.39 bits per heavy atom. The maximum absolute atomic E-state index is 13.5. The first-order chi connectivity index (χ1) is 14.8. The molecule has 3 aromatic rings. The summed E-state index contributed by atoms with van der Waals surface area (Å²) in [7, 11) is -1.99. The zero-order valence-corrected chi connectivity index (χ0v) is 19.1. The van der Waals surface area contributed by atoms with Crippen LogP contribution in [0.1, 0.15) is 16.8 Å². The van der Waals surface area contributed by atoms with Crippen LogP contribution < -0.4 is 9.64 Å². The van der Waals surface area contributed by atoms with E-state index in [1.165, 1.54) is 0 Å². The van der Waals surface area contributed by atoms with Gasteiger partial charge in [-0.05, 0) is 44.5 Å². The zero-order valence-electron chi connectivity index (χ0n) is 18.3. The topological polar surface area (TPSA) is 75.9 Å². The number of nitrogens with zero attached hydrogens (tertiary/aromatic N) is 3. The minimum Gasteiger partial charge on any atom is -0.497 e. The van der Waals surface area contributed by atoms with E-state index < -0.39 is 10.0 Å². The molecular formula is C23H27N3O4S. The van der Waals surface area contributed by atoms with Crippen LogP contribution in [-0.2, 0) is 10.0 Å². The molecule has 1 saturated heterocycles. The number of aromatic nitrogens is 1. The van der Waals surface area contributed by atoms with Crippen molar-refractivity contribution in [3.8, 4) is 17.1 Å². The Kier molecular flexibility index (Phi) is 5.77. The number of hydrogen-bond acceptors (Lipinski definition) is 6. The number of piperazine rings is 1. The molecule has 0 spiro atoms. The van der Waals surface area contributed by atoms with Gasteiger partial charge in [-0.25, -0.2) is 8.42 Å². The predicted octanol–water partition coefficient (Wildman–Crippen LogP) is 3.79. The van der Waals surface area contributed by atoms with Crippen molar-refractivity contribution >= 4 is 15.7 Å². The van der Waals surface area contributed by atoms with E-state index in [0.29, 0.717) is 42.4 Å². The molecule has 1 aliphatic rings. The quantitative estimate of drug-likeness (QED) is 0.600. The second-order valence-electron chi connectivity index (χ2n) is 7.79. The normalized spacial score (nSPS) is 15.3. The molecule has 1 fully saturated rings. The fourth-order valence-electron chi connectivity index (χ4n) is 3.84. The van der Waals surface area contributed by atoms with Gasteiger partial charge in [0.25, 0.3) is 0 Å². The summed E-state index contributed by atoms with van der Waals surface area (Å²) in [6, 6.07) is 13.2. The number of methoxy groups -OCH3 is 1. The smallest absolute Gasteiger partial charge is 0.243 e. The van der Waals surface area contributed by atoms with E-state index in [0.717, 1.165) is 28.3 Å². The van der Waals surface area contributed by atoms with E-state index in [9.17, 15) is 8.42 Å². The molecule has 4 rings (SSSR count). The van der Waals surface area contributed by atoms with Crippen LogP contribution in [0.2, 0.25) is 0 Å². The van der Waals surface area contributed by atoms with E-state index in [1.807, 2.05) is 57.2 Å². The Labute approximate surface area is 183 Å². The standard InChI is InChI=1S/C23H27N3O4S/c1-16-8-9-19(23-17(2)18(3)24-30-23)14-22(16)31(27,28)26-12-10-25(11-13-26)20-6-5-7-21(15-20)29-4/h5-9,14-15H,10-13H2,1-4H3. The van der Waals surface area contributed by atoms with Gasteiger partial charge in [0.05, 0.1) is 17.7 Å².